The fraction of sp³-hybridized carbons (Fsp3) is 0.192. The first-order chi connectivity index (χ1) is 17.1. The van der Waals surface area contributed by atoms with Crippen molar-refractivity contribution in [2.75, 3.05) is 11.9 Å². The average Bonchev–Trinajstić information content (AvgIpc) is 3.20. The molecule has 2 aromatic heterocycles. The second kappa shape index (κ2) is 8.71. The van der Waals surface area contributed by atoms with Crippen molar-refractivity contribution in [1.29, 1.82) is 0 Å². The molecular weight excluding hydrogens is 473 g/mol. The summed E-state index contributed by atoms with van der Waals surface area (Å²) >= 11 is 0. The second-order valence-electron chi connectivity index (χ2n) is 8.53. The van der Waals surface area contributed by atoms with Gasteiger partial charge in [-0.2, -0.15) is 17.9 Å². The first-order valence-electron chi connectivity index (χ1n) is 11.2. The van der Waals surface area contributed by atoms with E-state index in [-0.39, 0.29) is 29.9 Å². The molecule has 36 heavy (non-hydrogen) atoms. The standard InChI is InChI=1S/C26H21F3N4O3/c1-14-5-3-6-15(2)22(14)31-21-10-9-16-7-4-8-17(23(16)32-21)20-13-18-19(11-12-30-24(18)34)33(20)36-25(35)26(27,28)29/h3-10,13H,11-12H2,1-2H3,(H,30,34)(H,31,32). The van der Waals surface area contributed by atoms with Crippen LogP contribution < -0.4 is 15.5 Å². The van der Waals surface area contributed by atoms with E-state index in [0.29, 0.717) is 16.9 Å². The number of carbonyl (C=O) groups excluding carboxylic acids is 2. The molecule has 1 amide bonds. The normalized spacial score (nSPS) is 13.3. The number of amides is 1. The Bertz CT molecular complexity index is 1500. The van der Waals surface area contributed by atoms with Crippen LogP contribution in [0.3, 0.4) is 0 Å². The van der Waals surface area contributed by atoms with Crippen LogP contribution in [0.1, 0.15) is 27.2 Å². The summed E-state index contributed by atoms with van der Waals surface area (Å²) in [4.78, 5) is 33.7. The van der Waals surface area contributed by atoms with Gasteiger partial charge in [-0.05, 0) is 43.2 Å². The molecule has 5 rings (SSSR count). The third kappa shape index (κ3) is 4.15. The third-order valence-corrected chi connectivity index (χ3v) is 6.08. The highest BCUT2D eigenvalue weighted by atomic mass is 19.4. The van der Waals surface area contributed by atoms with Gasteiger partial charge in [-0.3, -0.25) is 4.79 Å². The number of para-hydroxylation sites is 2. The van der Waals surface area contributed by atoms with E-state index in [1.165, 1.54) is 6.07 Å². The van der Waals surface area contributed by atoms with Gasteiger partial charge in [0.1, 0.15) is 5.82 Å². The lowest BCUT2D eigenvalue weighted by Gasteiger charge is -2.18. The van der Waals surface area contributed by atoms with E-state index in [2.05, 4.69) is 10.6 Å². The first kappa shape index (κ1) is 23.4. The number of hydrogen-bond donors (Lipinski definition) is 2. The van der Waals surface area contributed by atoms with Crippen molar-refractivity contribution in [2.24, 2.45) is 0 Å². The van der Waals surface area contributed by atoms with E-state index in [0.717, 1.165) is 26.9 Å². The van der Waals surface area contributed by atoms with Gasteiger partial charge in [-0.25, -0.2) is 9.78 Å². The van der Waals surface area contributed by atoms with Crippen molar-refractivity contribution in [2.45, 2.75) is 26.4 Å². The van der Waals surface area contributed by atoms with Crippen molar-refractivity contribution in [3.05, 3.63) is 77.0 Å². The van der Waals surface area contributed by atoms with Crippen LogP contribution >= 0.6 is 0 Å². The Morgan fingerprint density at radius 1 is 1.06 bits per heavy atom. The summed E-state index contributed by atoms with van der Waals surface area (Å²) in [6, 6.07) is 16.2. The van der Waals surface area contributed by atoms with Gasteiger partial charge in [-0.15, -0.1) is 0 Å². The van der Waals surface area contributed by atoms with Crippen LogP contribution in [0.5, 0.6) is 0 Å². The highest BCUT2D eigenvalue weighted by Gasteiger charge is 2.43. The molecule has 0 saturated carbocycles. The molecule has 10 heteroatoms. The molecular formula is C26H21F3N4O3. The second-order valence-corrected chi connectivity index (χ2v) is 8.53. The van der Waals surface area contributed by atoms with Crippen LogP contribution in [-0.2, 0) is 11.2 Å². The summed E-state index contributed by atoms with van der Waals surface area (Å²) in [5.41, 5.74) is 4.28. The monoisotopic (exact) mass is 494 g/mol. The SMILES string of the molecule is Cc1cccc(C)c1Nc1ccc2cccc(-c3cc4c(n3OC(=O)C(F)(F)F)CCNC4=O)c2n1. The topological polar surface area (TPSA) is 85.3 Å². The quantitative estimate of drug-likeness (QED) is 0.423. The van der Waals surface area contributed by atoms with Crippen LogP contribution in [0.2, 0.25) is 0 Å². The Morgan fingerprint density at radius 2 is 1.78 bits per heavy atom. The molecule has 0 saturated heterocycles. The third-order valence-electron chi connectivity index (χ3n) is 6.08. The predicted octanol–water partition coefficient (Wildman–Crippen LogP) is 4.87. The zero-order valence-corrected chi connectivity index (χ0v) is 19.4. The Kier molecular flexibility index (Phi) is 5.66. The van der Waals surface area contributed by atoms with Crippen LogP contribution in [0.4, 0.5) is 24.7 Å². The fourth-order valence-electron chi connectivity index (χ4n) is 4.35. The number of pyridine rings is 1. The highest BCUT2D eigenvalue weighted by Crippen LogP contribution is 2.34. The van der Waals surface area contributed by atoms with Gasteiger partial charge < -0.3 is 15.5 Å². The molecule has 7 nitrogen and oxygen atoms in total. The molecule has 2 aromatic carbocycles. The molecule has 4 aromatic rings. The average molecular weight is 494 g/mol. The smallest absolute Gasteiger partial charge is 0.352 e. The van der Waals surface area contributed by atoms with Gasteiger partial charge in [0, 0.05) is 29.6 Å². The molecule has 0 spiro atoms. The number of benzene rings is 2. The van der Waals surface area contributed by atoms with Gasteiger partial charge >= 0.3 is 12.1 Å². The molecule has 0 radical (unpaired) electrons. The Hall–Kier alpha value is -4.34. The molecule has 0 unspecified atom stereocenters. The van der Waals surface area contributed by atoms with Gasteiger partial charge in [0.05, 0.1) is 22.5 Å². The minimum atomic E-state index is -5.20. The number of anilines is 2. The van der Waals surface area contributed by atoms with Gasteiger partial charge in [0.2, 0.25) is 0 Å². The Morgan fingerprint density at radius 3 is 2.50 bits per heavy atom. The largest absolute Gasteiger partial charge is 0.493 e. The van der Waals surface area contributed by atoms with E-state index in [1.54, 1.807) is 18.2 Å². The lowest BCUT2D eigenvalue weighted by atomic mass is 10.1. The number of hydrogen-bond acceptors (Lipinski definition) is 5. The van der Waals surface area contributed by atoms with Gasteiger partial charge in [0.15, 0.2) is 0 Å². The van der Waals surface area contributed by atoms with Crippen molar-refractivity contribution in [1.82, 2.24) is 15.0 Å². The zero-order chi connectivity index (χ0) is 25.6. The number of carbonyl (C=O) groups is 2. The number of halogens is 3. The number of aromatic nitrogens is 2. The van der Waals surface area contributed by atoms with E-state index in [1.807, 2.05) is 44.2 Å². The maximum atomic E-state index is 13.1. The summed E-state index contributed by atoms with van der Waals surface area (Å²) < 4.78 is 40.0. The van der Waals surface area contributed by atoms with Gasteiger partial charge in [-0.1, -0.05) is 36.4 Å². The van der Waals surface area contributed by atoms with Gasteiger partial charge in [0.25, 0.3) is 5.91 Å². The summed E-state index contributed by atoms with van der Waals surface area (Å²) in [6.45, 7) is 4.15. The Balaban J connectivity index is 1.66. The maximum absolute atomic E-state index is 13.1. The van der Waals surface area contributed by atoms with Crippen LogP contribution in [-0.4, -0.2) is 34.3 Å². The number of rotatable bonds is 4. The van der Waals surface area contributed by atoms with E-state index in [9.17, 15) is 22.8 Å². The lowest BCUT2D eigenvalue weighted by Crippen LogP contribution is -2.37. The molecule has 0 aliphatic carbocycles. The van der Waals surface area contributed by atoms with Crippen LogP contribution in [0.25, 0.3) is 22.2 Å². The zero-order valence-electron chi connectivity index (χ0n) is 19.4. The summed E-state index contributed by atoms with van der Waals surface area (Å²) in [6.07, 6.45) is -5.01. The highest BCUT2D eigenvalue weighted by molar-refractivity contribution is 6.00. The molecule has 1 aliphatic rings. The summed E-state index contributed by atoms with van der Waals surface area (Å²) in [5.74, 6) is -2.30. The van der Waals surface area contributed by atoms with Crippen molar-refractivity contribution < 1.29 is 27.6 Å². The fourth-order valence-corrected chi connectivity index (χ4v) is 4.35. The number of fused-ring (bicyclic) bond motifs is 2. The minimum Gasteiger partial charge on any atom is -0.352 e. The van der Waals surface area contributed by atoms with E-state index < -0.39 is 18.1 Å². The molecule has 3 heterocycles. The predicted molar refractivity (Wildman–Crippen MR) is 128 cm³/mol. The number of aryl methyl sites for hydroxylation is 2. The summed E-state index contributed by atoms with van der Waals surface area (Å²) in [7, 11) is 0. The van der Waals surface area contributed by atoms with Crippen LogP contribution in [0, 0.1) is 13.8 Å². The number of alkyl halides is 3. The maximum Gasteiger partial charge on any atom is 0.493 e. The molecule has 0 bridgehead atoms. The first-order valence-corrected chi connectivity index (χ1v) is 11.2. The number of nitrogens with one attached hydrogen (secondary N) is 2. The van der Waals surface area contributed by atoms with Crippen LogP contribution in [0.15, 0.2) is 54.6 Å². The molecule has 0 atom stereocenters. The summed E-state index contributed by atoms with van der Waals surface area (Å²) in [5, 5.41) is 6.69. The van der Waals surface area contributed by atoms with Crippen molar-refractivity contribution in [3.63, 3.8) is 0 Å². The van der Waals surface area contributed by atoms with Crippen molar-refractivity contribution >= 4 is 34.3 Å². The molecule has 0 fully saturated rings. The van der Waals surface area contributed by atoms with E-state index in [4.69, 9.17) is 9.82 Å². The molecule has 184 valence electrons. The lowest BCUT2D eigenvalue weighted by molar-refractivity contribution is -0.199. The minimum absolute atomic E-state index is 0.122. The number of nitrogens with zero attached hydrogens (tertiary/aromatic N) is 2. The molecule has 1 aliphatic heterocycles. The Labute approximate surface area is 203 Å². The van der Waals surface area contributed by atoms with E-state index >= 15 is 0 Å². The van der Waals surface area contributed by atoms with Crippen molar-refractivity contribution in [3.8, 4) is 11.3 Å². The molecule has 2 N–H and O–H groups in total.